The van der Waals surface area contributed by atoms with Gasteiger partial charge in [-0.3, -0.25) is 0 Å². The molecule has 0 radical (unpaired) electrons. The molecule has 2 aromatic rings. The average Bonchev–Trinajstić information content (AvgIpc) is 2.75. The molecule has 0 fully saturated rings. The number of halogens is 2. The summed E-state index contributed by atoms with van der Waals surface area (Å²) in [6.07, 6.45) is 0. The summed E-state index contributed by atoms with van der Waals surface area (Å²) in [5.74, 6) is -1.22. The van der Waals surface area contributed by atoms with Crippen molar-refractivity contribution in [2.24, 2.45) is 11.1 Å². The SMILES string of the molecule is CC(C)(C)C(N)c1nc(-c2c(F)cccc2F)cs1. The molecule has 0 saturated heterocycles. The molecule has 1 heterocycles. The normalized spacial score (nSPS) is 13.6. The summed E-state index contributed by atoms with van der Waals surface area (Å²) >= 11 is 1.33. The number of nitrogens with zero attached hydrogens (tertiary/aromatic N) is 1. The molecule has 2 nitrogen and oxygen atoms in total. The second-order valence-corrected chi connectivity index (χ2v) is 6.40. The van der Waals surface area contributed by atoms with E-state index < -0.39 is 11.6 Å². The largest absolute Gasteiger partial charge is 0.322 e. The van der Waals surface area contributed by atoms with E-state index in [1.165, 1.54) is 29.5 Å². The lowest BCUT2D eigenvalue weighted by Crippen LogP contribution is -2.26. The van der Waals surface area contributed by atoms with Crippen LogP contribution in [-0.4, -0.2) is 4.98 Å². The summed E-state index contributed by atoms with van der Waals surface area (Å²) in [4.78, 5) is 4.28. The number of thiazole rings is 1. The molecule has 1 unspecified atom stereocenters. The van der Waals surface area contributed by atoms with Crippen molar-refractivity contribution in [2.45, 2.75) is 26.8 Å². The number of nitrogens with two attached hydrogens (primary N) is 1. The number of aromatic nitrogens is 1. The zero-order chi connectivity index (χ0) is 14.2. The second-order valence-electron chi connectivity index (χ2n) is 5.51. The maximum Gasteiger partial charge on any atom is 0.135 e. The number of hydrogen-bond acceptors (Lipinski definition) is 3. The van der Waals surface area contributed by atoms with Crippen molar-refractivity contribution >= 4 is 11.3 Å². The first kappa shape index (κ1) is 14.1. The summed E-state index contributed by atoms with van der Waals surface area (Å²) in [5, 5.41) is 2.33. The van der Waals surface area contributed by atoms with E-state index in [1.54, 1.807) is 5.38 Å². The van der Waals surface area contributed by atoms with Gasteiger partial charge in [0.05, 0.1) is 17.3 Å². The molecular weight excluding hydrogens is 266 g/mol. The second kappa shape index (κ2) is 4.98. The fraction of sp³-hybridized carbons (Fsp3) is 0.357. The fourth-order valence-electron chi connectivity index (χ4n) is 1.66. The van der Waals surface area contributed by atoms with E-state index in [1.807, 2.05) is 20.8 Å². The van der Waals surface area contributed by atoms with Crippen LogP contribution in [0.1, 0.15) is 31.8 Å². The highest BCUT2D eigenvalue weighted by atomic mass is 32.1. The predicted octanol–water partition coefficient (Wildman–Crippen LogP) is 4.13. The topological polar surface area (TPSA) is 38.9 Å². The zero-order valence-electron chi connectivity index (χ0n) is 11.1. The van der Waals surface area contributed by atoms with Crippen LogP contribution in [0.25, 0.3) is 11.3 Å². The van der Waals surface area contributed by atoms with Gasteiger partial charge < -0.3 is 5.73 Å². The van der Waals surface area contributed by atoms with Crippen LogP contribution in [0, 0.1) is 17.0 Å². The van der Waals surface area contributed by atoms with Crippen molar-refractivity contribution < 1.29 is 8.78 Å². The van der Waals surface area contributed by atoms with Crippen molar-refractivity contribution in [3.8, 4) is 11.3 Å². The van der Waals surface area contributed by atoms with Crippen molar-refractivity contribution in [2.75, 3.05) is 0 Å². The van der Waals surface area contributed by atoms with Crippen LogP contribution >= 0.6 is 11.3 Å². The fourth-order valence-corrected chi connectivity index (χ4v) is 2.71. The molecule has 19 heavy (non-hydrogen) atoms. The lowest BCUT2D eigenvalue weighted by atomic mass is 9.88. The van der Waals surface area contributed by atoms with Gasteiger partial charge in [0.2, 0.25) is 0 Å². The van der Waals surface area contributed by atoms with E-state index >= 15 is 0 Å². The van der Waals surface area contributed by atoms with E-state index in [2.05, 4.69) is 4.98 Å². The quantitative estimate of drug-likeness (QED) is 0.899. The van der Waals surface area contributed by atoms with Crippen LogP contribution in [0.5, 0.6) is 0 Å². The van der Waals surface area contributed by atoms with Crippen LogP contribution in [0.4, 0.5) is 8.78 Å². The Hall–Kier alpha value is -1.33. The Labute approximate surface area is 115 Å². The Kier molecular flexibility index (Phi) is 3.69. The van der Waals surface area contributed by atoms with Crippen molar-refractivity contribution in [1.29, 1.82) is 0 Å². The number of hydrogen-bond donors (Lipinski definition) is 1. The Morgan fingerprint density at radius 2 is 1.79 bits per heavy atom. The van der Waals surface area contributed by atoms with Gasteiger partial charge in [-0.1, -0.05) is 26.8 Å². The van der Waals surface area contributed by atoms with E-state index in [-0.39, 0.29) is 17.0 Å². The lowest BCUT2D eigenvalue weighted by Gasteiger charge is -2.24. The smallest absolute Gasteiger partial charge is 0.135 e. The first-order valence-corrected chi connectivity index (χ1v) is 6.84. The van der Waals surface area contributed by atoms with E-state index in [0.717, 1.165) is 0 Å². The lowest BCUT2D eigenvalue weighted by molar-refractivity contribution is 0.326. The van der Waals surface area contributed by atoms with Crippen molar-refractivity contribution in [1.82, 2.24) is 4.98 Å². The van der Waals surface area contributed by atoms with Crippen LogP contribution in [0.3, 0.4) is 0 Å². The first-order chi connectivity index (χ1) is 8.80. The molecule has 2 rings (SSSR count). The summed E-state index contributed by atoms with van der Waals surface area (Å²) < 4.78 is 27.3. The van der Waals surface area contributed by atoms with Crippen LogP contribution in [0.15, 0.2) is 23.6 Å². The average molecular weight is 282 g/mol. The predicted molar refractivity (Wildman–Crippen MR) is 73.8 cm³/mol. The van der Waals surface area contributed by atoms with Crippen molar-refractivity contribution in [3.05, 3.63) is 40.2 Å². The standard InChI is InChI=1S/C14H16F2N2S/c1-14(2,3)12(17)13-18-10(7-19-13)11-8(15)5-4-6-9(11)16/h4-7,12H,17H2,1-3H3. The highest BCUT2D eigenvalue weighted by Gasteiger charge is 2.26. The first-order valence-electron chi connectivity index (χ1n) is 5.96. The molecule has 0 saturated carbocycles. The highest BCUT2D eigenvalue weighted by molar-refractivity contribution is 7.10. The van der Waals surface area contributed by atoms with Gasteiger partial charge in [-0.25, -0.2) is 13.8 Å². The van der Waals surface area contributed by atoms with Gasteiger partial charge in [0.25, 0.3) is 0 Å². The third-order valence-electron chi connectivity index (χ3n) is 2.94. The third kappa shape index (κ3) is 2.82. The molecule has 5 heteroatoms. The van der Waals surface area contributed by atoms with Gasteiger partial charge in [-0.05, 0) is 17.5 Å². The van der Waals surface area contributed by atoms with Crippen LogP contribution in [0.2, 0.25) is 0 Å². The minimum Gasteiger partial charge on any atom is -0.322 e. The molecule has 102 valence electrons. The minimum atomic E-state index is -0.610. The van der Waals surface area contributed by atoms with Crippen molar-refractivity contribution in [3.63, 3.8) is 0 Å². The highest BCUT2D eigenvalue weighted by Crippen LogP contribution is 2.35. The molecule has 0 aliphatic heterocycles. The Morgan fingerprint density at radius 1 is 1.21 bits per heavy atom. The molecule has 2 N–H and O–H groups in total. The summed E-state index contributed by atoms with van der Waals surface area (Å²) in [5.41, 5.74) is 6.16. The van der Waals surface area contributed by atoms with Gasteiger partial charge >= 0.3 is 0 Å². The molecular formula is C14H16F2N2S. The maximum atomic E-state index is 13.7. The monoisotopic (exact) mass is 282 g/mol. The molecule has 1 aromatic heterocycles. The van der Waals surface area contributed by atoms with Gasteiger partial charge in [-0.2, -0.15) is 0 Å². The molecule has 0 amide bonds. The Balaban J connectivity index is 2.42. The van der Waals surface area contributed by atoms with Gasteiger partial charge in [-0.15, -0.1) is 11.3 Å². The van der Waals surface area contributed by atoms with Gasteiger partial charge in [0, 0.05) is 5.38 Å². The Bertz CT molecular complexity index is 567. The van der Waals surface area contributed by atoms with Gasteiger partial charge in [0.1, 0.15) is 16.6 Å². The summed E-state index contributed by atoms with van der Waals surface area (Å²) in [6.45, 7) is 6.01. The maximum absolute atomic E-state index is 13.7. The molecule has 0 aliphatic carbocycles. The molecule has 0 spiro atoms. The number of rotatable bonds is 2. The minimum absolute atomic E-state index is 0.0916. The molecule has 1 atom stereocenters. The van der Waals surface area contributed by atoms with Gasteiger partial charge in [0.15, 0.2) is 0 Å². The summed E-state index contributed by atoms with van der Waals surface area (Å²) in [7, 11) is 0. The van der Waals surface area contributed by atoms with E-state index in [0.29, 0.717) is 10.7 Å². The Morgan fingerprint density at radius 3 is 2.32 bits per heavy atom. The van der Waals surface area contributed by atoms with E-state index in [9.17, 15) is 8.78 Å². The third-order valence-corrected chi connectivity index (χ3v) is 3.87. The molecule has 0 bridgehead atoms. The zero-order valence-corrected chi connectivity index (χ0v) is 11.9. The van der Waals surface area contributed by atoms with Crippen LogP contribution in [-0.2, 0) is 0 Å². The van der Waals surface area contributed by atoms with Crippen LogP contribution < -0.4 is 5.73 Å². The summed E-state index contributed by atoms with van der Waals surface area (Å²) in [6, 6.07) is 3.52. The van der Waals surface area contributed by atoms with E-state index in [4.69, 9.17) is 5.73 Å². The molecule has 0 aliphatic rings. The molecule has 1 aromatic carbocycles. The number of benzene rings is 1.